The second-order valence-electron chi connectivity index (χ2n) is 1.91. The third-order valence-corrected chi connectivity index (χ3v) is 0.880. The van der Waals surface area contributed by atoms with Gasteiger partial charge in [-0.3, -0.25) is 0 Å². The lowest BCUT2D eigenvalue weighted by Gasteiger charge is -2.08. The summed E-state index contributed by atoms with van der Waals surface area (Å²) in [5, 5.41) is 13.3. The molecule has 3 N–H and O–H groups in total. The van der Waals surface area contributed by atoms with E-state index in [1.54, 1.807) is 14.0 Å². The number of nitrogens with one attached hydrogen (secondary N) is 2. The van der Waals surface area contributed by atoms with Crippen molar-refractivity contribution in [3.8, 4) is 0 Å². The zero-order valence-corrected chi connectivity index (χ0v) is 5.64. The highest BCUT2D eigenvalue weighted by Crippen LogP contribution is 1.75. The lowest BCUT2D eigenvalue weighted by molar-refractivity contribution is 0.190. The Morgan fingerprint density at radius 3 is 2.67 bits per heavy atom. The number of amides is 1. The highest BCUT2D eigenvalue weighted by molar-refractivity contribution is 5.64. The molecule has 0 heterocycles. The van der Waals surface area contributed by atoms with Gasteiger partial charge in [0.25, 0.3) is 0 Å². The van der Waals surface area contributed by atoms with Crippen LogP contribution in [0.4, 0.5) is 4.79 Å². The quantitative estimate of drug-likeness (QED) is 0.501. The predicted molar refractivity (Wildman–Crippen MR) is 34.5 cm³/mol. The van der Waals surface area contributed by atoms with Crippen molar-refractivity contribution in [2.24, 2.45) is 0 Å². The summed E-state index contributed by atoms with van der Waals surface area (Å²) in [7, 11) is 1.78. The fourth-order valence-corrected chi connectivity index (χ4v) is 0.568. The van der Waals surface area contributed by atoms with E-state index in [2.05, 4.69) is 10.6 Å². The number of hydrogen-bond donors (Lipinski definition) is 3. The maximum atomic E-state index is 9.95. The fourth-order valence-electron chi connectivity index (χ4n) is 0.568. The van der Waals surface area contributed by atoms with Crippen molar-refractivity contribution in [2.45, 2.75) is 13.0 Å². The summed E-state index contributed by atoms with van der Waals surface area (Å²) in [6.07, 6.45) is -0.974. The summed E-state index contributed by atoms with van der Waals surface area (Å²) >= 11 is 0. The Labute approximate surface area is 54.3 Å². The standard InChI is InChI=1S/C5H12N2O2/c1-4(3-6-2)7-5(8)9/h4,6-7H,3H2,1-2H3,(H,8,9). The summed E-state index contributed by atoms with van der Waals surface area (Å²) in [5.41, 5.74) is 0. The van der Waals surface area contributed by atoms with Gasteiger partial charge in [0.1, 0.15) is 0 Å². The first kappa shape index (κ1) is 8.23. The van der Waals surface area contributed by atoms with Crippen molar-refractivity contribution in [3.63, 3.8) is 0 Å². The van der Waals surface area contributed by atoms with Gasteiger partial charge in [-0.1, -0.05) is 0 Å². The van der Waals surface area contributed by atoms with Crippen LogP contribution in [0.2, 0.25) is 0 Å². The van der Waals surface area contributed by atoms with Crippen molar-refractivity contribution in [1.29, 1.82) is 0 Å². The van der Waals surface area contributed by atoms with Gasteiger partial charge in [0.2, 0.25) is 0 Å². The summed E-state index contributed by atoms with van der Waals surface area (Å²) in [6, 6.07) is -0.0208. The van der Waals surface area contributed by atoms with E-state index in [4.69, 9.17) is 5.11 Å². The van der Waals surface area contributed by atoms with Gasteiger partial charge in [-0.2, -0.15) is 0 Å². The van der Waals surface area contributed by atoms with Gasteiger partial charge in [0.15, 0.2) is 0 Å². The zero-order valence-electron chi connectivity index (χ0n) is 5.64. The molecule has 54 valence electrons. The van der Waals surface area contributed by atoms with Crippen LogP contribution >= 0.6 is 0 Å². The van der Waals surface area contributed by atoms with Crippen LogP contribution in [0.1, 0.15) is 6.92 Å². The highest BCUT2D eigenvalue weighted by Gasteiger charge is 2.01. The van der Waals surface area contributed by atoms with Gasteiger partial charge in [-0.25, -0.2) is 4.79 Å². The van der Waals surface area contributed by atoms with E-state index in [1.165, 1.54) is 0 Å². The molecule has 1 unspecified atom stereocenters. The Morgan fingerprint density at radius 1 is 1.78 bits per heavy atom. The minimum absolute atomic E-state index is 0.0208. The van der Waals surface area contributed by atoms with Gasteiger partial charge >= 0.3 is 6.09 Å². The maximum absolute atomic E-state index is 9.95. The second kappa shape index (κ2) is 4.14. The van der Waals surface area contributed by atoms with E-state index < -0.39 is 6.09 Å². The van der Waals surface area contributed by atoms with E-state index >= 15 is 0 Å². The summed E-state index contributed by atoms with van der Waals surface area (Å²) in [6.45, 7) is 2.46. The van der Waals surface area contributed by atoms with Crippen molar-refractivity contribution in [2.75, 3.05) is 13.6 Å². The highest BCUT2D eigenvalue weighted by atomic mass is 16.4. The molecule has 0 aromatic carbocycles. The molecule has 9 heavy (non-hydrogen) atoms. The minimum atomic E-state index is -0.974. The Balaban J connectivity index is 3.26. The molecule has 0 bridgehead atoms. The smallest absolute Gasteiger partial charge is 0.404 e. The van der Waals surface area contributed by atoms with E-state index in [9.17, 15) is 4.79 Å². The monoisotopic (exact) mass is 132 g/mol. The zero-order chi connectivity index (χ0) is 7.28. The second-order valence-corrected chi connectivity index (χ2v) is 1.91. The SMILES string of the molecule is CNCC(C)NC(=O)O. The summed E-state index contributed by atoms with van der Waals surface area (Å²) in [4.78, 5) is 9.95. The molecule has 0 spiro atoms. The van der Waals surface area contributed by atoms with Gasteiger partial charge < -0.3 is 15.7 Å². The van der Waals surface area contributed by atoms with Gasteiger partial charge in [-0.05, 0) is 14.0 Å². The first-order valence-corrected chi connectivity index (χ1v) is 2.81. The lowest BCUT2D eigenvalue weighted by atomic mass is 10.3. The molecule has 0 aromatic rings. The van der Waals surface area contributed by atoms with E-state index in [0.29, 0.717) is 6.54 Å². The molecule has 1 atom stereocenters. The van der Waals surface area contributed by atoms with Crippen LogP contribution in [-0.4, -0.2) is 30.8 Å². The normalized spacial score (nSPS) is 12.7. The molecule has 0 radical (unpaired) electrons. The van der Waals surface area contributed by atoms with Gasteiger partial charge in [0.05, 0.1) is 0 Å². The molecular formula is C5H12N2O2. The van der Waals surface area contributed by atoms with Crippen LogP contribution in [0.15, 0.2) is 0 Å². The number of carboxylic acid groups (broad SMARTS) is 1. The summed E-state index contributed by atoms with van der Waals surface area (Å²) < 4.78 is 0. The molecule has 1 amide bonds. The molecule has 0 fully saturated rings. The van der Waals surface area contributed by atoms with E-state index in [1.807, 2.05) is 0 Å². The van der Waals surface area contributed by atoms with E-state index in [0.717, 1.165) is 0 Å². The van der Waals surface area contributed by atoms with E-state index in [-0.39, 0.29) is 6.04 Å². The lowest BCUT2D eigenvalue weighted by Crippen LogP contribution is -2.37. The first-order chi connectivity index (χ1) is 4.16. The third-order valence-electron chi connectivity index (χ3n) is 0.880. The molecule has 0 aliphatic carbocycles. The average Bonchev–Trinajstić information content (AvgIpc) is 1.63. The summed E-state index contributed by atoms with van der Waals surface area (Å²) in [5.74, 6) is 0. The minimum Gasteiger partial charge on any atom is -0.465 e. The first-order valence-electron chi connectivity index (χ1n) is 2.81. The molecule has 0 aliphatic heterocycles. The number of rotatable bonds is 3. The topological polar surface area (TPSA) is 61.4 Å². The third kappa shape index (κ3) is 5.10. The predicted octanol–water partition coefficient (Wildman–Crippen LogP) is -0.138. The Morgan fingerprint density at radius 2 is 2.33 bits per heavy atom. The molecule has 0 aliphatic rings. The largest absolute Gasteiger partial charge is 0.465 e. The van der Waals surface area contributed by atoms with Crippen molar-refractivity contribution in [1.82, 2.24) is 10.6 Å². The number of carbonyl (C=O) groups is 1. The number of likely N-dealkylation sites (N-methyl/N-ethyl adjacent to an activating group) is 1. The molecule has 0 saturated heterocycles. The maximum Gasteiger partial charge on any atom is 0.404 e. The average molecular weight is 132 g/mol. The number of hydrogen-bond acceptors (Lipinski definition) is 2. The van der Waals surface area contributed by atoms with Crippen LogP contribution in [0, 0.1) is 0 Å². The molecular weight excluding hydrogens is 120 g/mol. The van der Waals surface area contributed by atoms with Crippen LogP contribution in [0.5, 0.6) is 0 Å². The van der Waals surface area contributed by atoms with Gasteiger partial charge in [-0.15, -0.1) is 0 Å². The Kier molecular flexibility index (Phi) is 3.79. The fraction of sp³-hybridized carbons (Fsp3) is 0.800. The van der Waals surface area contributed by atoms with Crippen molar-refractivity contribution < 1.29 is 9.90 Å². The Bertz CT molecular complexity index is 95.0. The molecule has 0 saturated carbocycles. The molecule has 4 heteroatoms. The van der Waals surface area contributed by atoms with Crippen LogP contribution in [0.3, 0.4) is 0 Å². The molecule has 0 rings (SSSR count). The Hall–Kier alpha value is -0.770. The van der Waals surface area contributed by atoms with Crippen LogP contribution < -0.4 is 10.6 Å². The van der Waals surface area contributed by atoms with Gasteiger partial charge in [0, 0.05) is 12.6 Å². The van der Waals surface area contributed by atoms with Crippen molar-refractivity contribution in [3.05, 3.63) is 0 Å². The van der Waals surface area contributed by atoms with Crippen LogP contribution in [0.25, 0.3) is 0 Å². The van der Waals surface area contributed by atoms with Crippen molar-refractivity contribution >= 4 is 6.09 Å². The van der Waals surface area contributed by atoms with Crippen LogP contribution in [-0.2, 0) is 0 Å². The molecule has 0 aromatic heterocycles. The molecule has 4 nitrogen and oxygen atoms in total.